The lowest BCUT2D eigenvalue weighted by Crippen LogP contribution is -2.49. The average molecular weight is 291 g/mol. The Labute approximate surface area is 123 Å². The molecule has 0 aliphatic carbocycles. The summed E-state index contributed by atoms with van der Waals surface area (Å²) in [6.45, 7) is 2.86. The molecule has 0 aromatic heterocycles. The number of carbonyl (C=O) groups excluding carboxylic acids is 1. The van der Waals surface area contributed by atoms with Gasteiger partial charge in [0.15, 0.2) is 0 Å². The highest BCUT2D eigenvalue weighted by atomic mass is 19.1. The van der Waals surface area contributed by atoms with Crippen LogP contribution in [0.4, 0.5) is 4.39 Å². The molecule has 1 aliphatic heterocycles. The molecule has 1 fully saturated rings. The fourth-order valence-corrected chi connectivity index (χ4v) is 2.19. The average Bonchev–Trinajstić information content (AvgIpc) is 2.46. The summed E-state index contributed by atoms with van der Waals surface area (Å²) in [6.07, 6.45) is 1.47. The van der Waals surface area contributed by atoms with Gasteiger partial charge in [-0.15, -0.1) is 0 Å². The number of halogens is 1. The van der Waals surface area contributed by atoms with Gasteiger partial charge in [0.25, 0.3) is 5.91 Å². The second-order valence-corrected chi connectivity index (χ2v) is 5.28. The zero-order chi connectivity index (χ0) is 15.3. The molecule has 1 aromatic rings. The molecular weight excluding hydrogens is 273 g/mol. The standard InChI is InChI=1S/C16H18FNO3/c1-16(6-9-21-10-7-16)18-15(20)13-5-4-12(3-2-8-19)14(17)11-13/h4-5,11,19H,6-10H2,1H3,(H,18,20). The van der Waals surface area contributed by atoms with Crippen molar-refractivity contribution in [3.05, 3.63) is 35.1 Å². The maximum absolute atomic E-state index is 13.8. The van der Waals surface area contributed by atoms with Crippen LogP contribution in [0.2, 0.25) is 0 Å². The molecule has 0 spiro atoms. The molecule has 0 unspecified atom stereocenters. The van der Waals surface area contributed by atoms with Crippen LogP contribution in [0.3, 0.4) is 0 Å². The topological polar surface area (TPSA) is 58.6 Å². The lowest BCUT2D eigenvalue weighted by atomic mass is 9.92. The molecule has 1 saturated heterocycles. The maximum Gasteiger partial charge on any atom is 0.251 e. The zero-order valence-electron chi connectivity index (χ0n) is 11.9. The van der Waals surface area contributed by atoms with Crippen molar-refractivity contribution in [2.45, 2.75) is 25.3 Å². The highest BCUT2D eigenvalue weighted by Crippen LogP contribution is 2.20. The molecule has 0 atom stereocenters. The largest absolute Gasteiger partial charge is 0.384 e. The Morgan fingerprint density at radius 3 is 2.81 bits per heavy atom. The Bertz CT molecular complexity index is 583. The van der Waals surface area contributed by atoms with E-state index < -0.39 is 5.82 Å². The minimum Gasteiger partial charge on any atom is -0.384 e. The van der Waals surface area contributed by atoms with Crippen molar-refractivity contribution < 1.29 is 19.0 Å². The molecule has 5 heteroatoms. The molecule has 4 nitrogen and oxygen atoms in total. The number of hydrogen-bond donors (Lipinski definition) is 2. The summed E-state index contributed by atoms with van der Waals surface area (Å²) in [5.41, 5.74) is 0.105. The minimum absolute atomic E-state index is 0.165. The molecule has 1 amide bonds. The number of rotatable bonds is 2. The summed E-state index contributed by atoms with van der Waals surface area (Å²) in [5.74, 6) is 4.00. The Morgan fingerprint density at radius 1 is 1.48 bits per heavy atom. The first-order valence-electron chi connectivity index (χ1n) is 6.84. The number of carbonyl (C=O) groups is 1. The third-order valence-corrected chi connectivity index (χ3v) is 3.55. The van der Waals surface area contributed by atoms with Gasteiger partial charge in [0, 0.05) is 24.3 Å². The molecular formula is C16H18FNO3. The number of amides is 1. The van der Waals surface area contributed by atoms with E-state index in [1.807, 2.05) is 6.92 Å². The van der Waals surface area contributed by atoms with Gasteiger partial charge in [-0.1, -0.05) is 11.8 Å². The van der Waals surface area contributed by atoms with E-state index in [2.05, 4.69) is 17.2 Å². The highest BCUT2D eigenvalue weighted by Gasteiger charge is 2.29. The Hall–Kier alpha value is -1.90. The van der Waals surface area contributed by atoms with Gasteiger partial charge >= 0.3 is 0 Å². The van der Waals surface area contributed by atoms with Crippen LogP contribution >= 0.6 is 0 Å². The van der Waals surface area contributed by atoms with E-state index in [4.69, 9.17) is 9.84 Å². The van der Waals surface area contributed by atoms with E-state index in [0.717, 1.165) is 12.8 Å². The van der Waals surface area contributed by atoms with Gasteiger partial charge in [-0.05, 0) is 38.0 Å². The van der Waals surface area contributed by atoms with Crippen LogP contribution < -0.4 is 5.32 Å². The Kier molecular flexibility index (Phi) is 4.94. The quantitative estimate of drug-likeness (QED) is 0.811. The fraction of sp³-hybridized carbons (Fsp3) is 0.438. The van der Waals surface area contributed by atoms with Crippen molar-refractivity contribution >= 4 is 5.91 Å². The minimum atomic E-state index is -0.569. The van der Waals surface area contributed by atoms with Crippen molar-refractivity contribution in [2.24, 2.45) is 0 Å². The van der Waals surface area contributed by atoms with Crippen molar-refractivity contribution in [3.63, 3.8) is 0 Å². The van der Waals surface area contributed by atoms with Crippen LogP contribution in [-0.4, -0.2) is 36.4 Å². The van der Waals surface area contributed by atoms with E-state index in [1.165, 1.54) is 18.2 Å². The normalized spacial score (nSPS) is 16.7. The number of nitrogens with one attached hydrogen (secondary N) is 1. The third kappa shape index (κ3) is 4.03. The van der Waals surface area contributed by atoms with Gasteiger partial charge in [0.2, 0.25) is 0 Å². The number of ether oxygens (including phenoxy) is 1. The summed E-state index contributed by atoms with van der Waals surface area (Å²) in [4.78, 5) is 12.2. The van der Waals surface area contributed by atoms with E-state index in [9.17, 15) is 9.18 Å². The first-order valence-corrected chi connectivity index (χ1v) is 6.84. The van der Waals surface area contributed by atoms with Gasteiger partial charge in [-0.2, -0.15) is 0 Å². The summed E-state index contributed by atoms with van der Waals surface area (Å²) in [7, 11) is 0. The van der Waals surface area contributed by atoms with Crippen molar-refractivity contribution in [3.8, 4) is 11.8 Å². The van der Waals surface area contributed by atoms with Crippen LogP contribution in [0.1, 0.15) is 35.7 Å². The van der Waals surface area contributed by atoms with E-state index in [1.54, 1.807) is 0 Å². The maximum atomic E-state index is 13.8. The highest BCUT2D eigenvalue weighted by molar-refractivity contribution is 5.94. The van der Waals surface area contributed by atoms with Crippen molar-refractivity contribution in [1.82, 2.24) is 5.32 Å². The van der Waals surface area contributed by atoms with Gasteiger partial charge < -0.3 is 15.2 Å². The fourth-order valence-electron chi connectivity index (χ4n) is 2.19. The van der Waals surface area contributed by atoms with Crippen LogP contribution in [0.25, 0.3) is 0 Å². The molecule has 1 aliphatic rings. The van der Waals surface area contributed by atoms with Gasteiger partial charge in [-0.3, -0.25) is 4.79 Å². The predicted octanol–water partition coefficient (Wildman–Crippen LogP) is 1.47. The smallest absolute Gasteiger partial charge is 0.251 e. The number of hydrogen-bond acceptors (Lipinski definition) is 3. The summed E-state index contributed by atoms with van der Waals surface area (Å²) in [6, 6.07) is 4.14. The van der Waals surface area contributed by atoms with Crippen molar-refractivity contribution in [2.75, 3.05) is 19.8 Å². The summed E-state index contributed by atoms with van der Waals surface area (Å²) >= 11 is 0. The molecule has 0 radical (unpaired) electrons. The first kappa shape index (κ1) is 15.5. The molecule has 0 bridgehead atoms. The zero-order valence-corrected chi connectivity index (χ0v) is 11.9. The number of benzene rings is 1. The molecule has 1 aromatic carbocycles. The predicted molar refractivity (Wildman–Crippen MR) is 76.3 cm³/mol. The van der Waals surface area contributed by atoms with E-state index in [-0.39, 0.29) is 29.2 Å². The van der Waals surface area contributed by atoms with E-state index >= 15 is 0 Å². The van der Waals surface area contributed by atoms with E-state index in [0.29, 0.717) is 13.2 Å². The Balaban J connectivity index is 2.11. The molecule has 112 valence electrons. The number of aliphatic hydroxyl groups is 1. The summed E-state index contributed by atoms with van der Waals surface area (Å²) < 4.78 is 19.1. The van der Waals surface area contributed by atoms with Gasteiger partial charge in [-0.25, -0.2) is 4.39 Å². The second kappa shape index (κ2) is 6.70. The van der Waals surface area contributed by atoms with Crippen LogP contribution in [-0.2, 0) is 4.74 Å². The van der Waals surface area contributed by atoms with Gasteiger partial charge in [0.05, 0.1) is 5.56 Å². The van der Waals surface area contributed by atoms with Gasteiger partial charge in [0.1, 0.15) is 12.4 Å². The first-order chi connectivity index (χ1) is 10.0. The monoisotopic (exact) mass is 291 g/mol. The molecule has 2 N–H and O–H groups in total. The summed E-state index contributed by atoms with van der Waals surface area (Å²) in [5, 5.41) is 11.5. The third-order valence-electron chi connectivity index (χ3n) is 3.55. The lowest BCUT2D eigenvalue weighted by Gasteiger charge is -2.34. The molecule has 2 rings (SSSR count). The lowest BCUT2D eigenvalue weighted by molar-refractivity contribution is 0.0422. The molecule has 0 saturated carbocycles. The molecule has 1 heterocycles. The Morgan fingerprint density at radius 2 is 2.19 bits per heavy atom. The molecule has 21 heavy (non-hydrogen) atoms. The van der Waals surface area contributed by atoms with Crippen LogP contribution in [0.5, 0.6) is 0 Å². The number of aliphatic hydroxyl groups excluding tert-OH is 1. The van der Waals surface area contributed by atoms with Crippen LogP contribution in [0.15, 0.2) is 18.2 Å². The second-order valence-electron chi connectivity index (χ2n) is 5.28. The van der Waals surface area contributed by atoms with Crippen LogP contribution in [0, 0.1) is 17.7 Å². The SMILES string of the molecule is CC1(NC(=O)c2ccc(C#CCO)c(F)c2)CCOCC1. The van der Waals surface area contributed by atoms with Crippen molar-refractivity contribution in [1.29, 1.82) is 0 Å².